The Labute approximate surface area is 137 Å². The van der Waals surface area contributed by atoms with Gasteiger partial charge in [-0.1, -0.05) is 26.7 Å². The summed E-state index contributed by atoms with van der Waals surface area (Å²) in [5.41, 5.74) is 0. The minimum atomic E-state index is -0.453. The zero-order valence-corrected chi connectivity index (χ0v) is 14.6. The van der Waals surface area contributed by atoms with Crippen LogP contribution < -0.4 is 5.32 Å². The van der Waals surface area contributed by atoms with Crippen LogP contribution in [0.5, 0.6) is 0 Å². The lowest BCUT2D eigenvalue weighted by atomic mass is 9.78. The SMILES string of the molecule is CC1CCCC(NC(=O)COC(=O)c2ccc(Br)s2)C1C. The van der Waals surface area contributed by atoms with Gasteiger partial charge in [0.2, 0.25) is 0 Å². The number of amides is 1. The van der Waals surface area contributed by atoms with Gasteiger partial charge in [0.25, 0.3) is 5.91 Å². The molecule has 2 rings (SSSR count). The van der Waals surface area contributed by atoms with Crippen LogP contribution >= 0.6 is 27.3 Å². The van der Waals surface area contributed by atoms with Crippen molar-refractivity contribution in [2.75, 3.05) is 6.61 Å². The molecule has 1 aliphatic carbocycles. The molecule has 116 valence electrons. The van der Waals surface area contributed by atoms with Gasteiger partial charge in [0.15, 0.2) is 6.61 Å². The van der Waals surface area contributed by atoms with Crippen molar-refractivity contribution < 1.29 is 14.3 Å². The van der Waals surface area contributed by atoms with E-state index in [-0.39, 0.29) is 18.6 Å². The van der Waals surface area contributed by atoms with Crippen LogP contribution in [0.1, 0.15) is 42.8 Å². The van der Waals surface area contributed by atoms with E-state index < -0.39 is 5.97 Å². The normalized spacial score (nSPS) is 25.4. The second-order valence-corrected chi connectivity index (χ2v) is 8.08. The second-order valence-electron chi connectivity index (χ2n) is 5.62. The van der Waals surface area contributed by atoms with Crippen molar-refractivity contribution in [3.05, 3.63) is 20.8 Å². The Morgan fingerprint density at radius 2 is 2.14 bits per heavy atom. The van der Waals surface area contributed by atoms with E-state index in [2.05, 4.69) is 35.1 Å². The van der Waals surface area contributed by atoms with Gasteiger partial charge in [-0.3, -0.25) is 4.79 Å². The molecular formula is C15H20BrNO3S. The van der Waals surface area contributed by atoms with Crippen molar-refractivity contribution in [1.82, 2.24) is 5.32 Å². The smallest absolute Gasteiger partial charge is 0.348 e. The maximum absolute atomic E-state index is 11.9. The van der Waals surface area contributed by atoms with Gasteiger partial charge >= 0.3 is 5.97 Å². The number of ether oxygens (including phenoxy) is 1. The predicted octanol–water partition coefficient (Wildman–Crippen LogP) is 3.61. The van der Waals surface area contributed by atoms with Crippen molar-refractivity contribution in [2.24, 2.45) is 11.8 Å². The third kappa shape index (κ3) is 4.54. The summed E-state index contributed by atoms with van der Waals surface area (Å²) in [6.07, 6.45) is 3.36. The molecule has 1 heterocycles. The molecule has 1 fully saturated rings. The number of carbonyl (C=O) groups is 2. The van der Waals surface area contributed by atoms with Crippen LogP contribution in [0.3, 0.4) is 0 Å². The van der Waals surface area contributed by atoms with Gasteiger partial charge in [-0.05, 0) is 46.3 Å². The Morgan fingerprint density at radius 1 is 1.38 bits per heavy atom. The Hall–Kier alpha value is -0.880. The monoisotopic (exact) mass is 373 g/mol. The van der Waals surface area contributed by atoms with Crippen LogP contribution in [0.2, 0.25) is 0 Å². The fourth-order valence-corrected chi connectivity index (χ4v) is 3.94. The summed E-state index contributed by atoms with van der Waals surface area (Å²) in [5, 5.41) is 2.99. The van der Waals surface area contributed by atoms with E-state index >= 15 is 0 Å². The van der Waals surface area contributed by atoms with Gasteiger partial charge < -0.3 is 10.1 Å². The van der Waals surface area contributed by atoms with Gasteiger partial charge in [-0.15, -0.1) is 11.3 Å². The number of esters is 1. The molecule has 0 aliphatic heterocycles. The molecule has 1 amide bonds. The highest BCUT2D eigenvalue weighted by atomic mass is 79.9. The fourth-order valence-electron chi connectivity index (χ4n) is 2.66. The average molecular weight is 374 g/mol. The summed E-state index contributed by atoms with van der Waals surface area (Å²) in [5.74, 6) is 0.414. The van der Waals surface area contributed by atoms with Crippen molar-refractivity contribution in [3.8, 4) is 0 Å². The molecule has 1 aromatic heterocycles. The van der Waals surface area contributed by atoms with Gasteiger partial charge in [-0.25, -0.2) is 4.79 Å². The number of hydrogen-bond donors (Lipinski definition) is 1. The van der Waals surface area contributed by atoms with Crippen molar-refractivity contribution in [3.63, 3.8) is 0 Å². The van der Waals surface area contributed by atoms with Gasteiger partial charge in [-0.2, -0.15) is 0 Å². The molecule has 1 aromatic rings. The number of hydrogen-bond acceptors (Lipinski definition) is 4. The van der Waals surface area contributed by atoms with E-state index in [9.17, 15) is 9.59 Å². The third-order valence-electron chi connectivity index (χ3n) is 4.16. The average Bonchev–Trinajstić information content (AvgIpc) is 2.88. The van der Waals surface area contributed by atoms with Crippen LogP contribution in [0.25, 0.3) is 0 Å². The number of thiophene rings is 1. The van der Waals surface area contributed by atoms with Crippen molar-refractivity contribution in [1.29, 1.82) is 0 Å². The van der Waals surface area contributed by atoms with E-state index in [1.165, 1.54) is 17.8 Å². The highest BCUT2D eigenvalue weighted by Crippen LogP contribution is 2.29. The minimum absolute atomic E-state index is 0.191. The maximum atomic E-state index is 11.9. The molecule has 3 unspecified atom stereocenters. The second kappa shape index (κ2) is 7.40. The maximum Gasteiger partial charge on any atom is 0.348 e. The van der Waals surface area contributed by atoms with Crippen LogP contribution in [0.15, 0.2) is 15.9 Å². The molecule has 3 atom stereocenters. The first kappa shape index (κ1) is 16.5. The minimum Gasteiger partial charge on any atom is -0.451 e. The fraction of sp³-hybridized carbons (Fsp3) is 0.600. The molecular weight excluding hydrogens is 354 g/mol. The lowest BCUT2D eigenvalue weighted by molar-refractivity contribution is -0.125. The zero-order chi connectivity index (χ0) is 15.4. The number of carbonyl (C=O) groups excluding carboxylic acids is 2. The first-order valence-corrected chi connectivity index (χ1v) is 8.80. The first-order valence-electron chi connectivity index (χ1n) is 7.19. The predicted molar refractivity (Wildman–Crippen MR) is 86.4 cm³/mol. The van der Waals surface area contributed by atoms with E-state index in [0.717, 1.165) is 16.6 Å². The quantitative estimate of drug-likeness (QED) is 0.820. The van der Waals surface area contributed by atoms with E-state index in [4.69, 9.17) is 4.74 Å². The Bertz CT molecular complexity index is 517. The molecule has 1 N–H and O–H groups in total. The van der Waals surface area contributed by atoms with Crippen LogP contribution in [0.4, 0.5) is 0 Å². The molecule has 4 nitrogen and oxygen atoms in total. The van der Waals surface area contributed by atoms with Gasteiger partial charge in [0.05, 0.1) is 3.79 Å². The summed E-state index contributed by atoms with van der Waals surface area (Å²) < 4.78 is 5.91. The molecule has 1 saturated carbocycles. The highest BCUT2D eigenvalue weighted by molar-refractivity contribution is 9.11. The topological polar surface area (TPSA) is 55.4 Å². The summed E-state index contributed by atoms with van der Waals surface area (Å²) in [6, 6.07) is 3.66. The lowest BCUT2D eigenvalue weighted by Gasteiger charge is -2.34. The van der Waals surface area contributed by atoms with Crippen molar-refractivity contribution >= 4 is 39.1 Å². The van der Waals surface area contributed by atoms with Gasteiger partial charge in [0, 0.05) is 6.04 Å². The number of rotatable bonds is 4. The molecule has 0 spiro atoms. The van der Waals surface area contributed by atoms with Crippen LogP contribution in [0, 0.1) is 11.8 Å². The van der Waals surface area contributed by atoms with Gasteiger partial charge in [0.1, 0.15) is 4.88 Å². The van der Waals surface area contributed by atoms with Crippen LogP contribution in [-0.4, -0.2) is 24.5 Å². The highest BCUT2D eigenvalue weighted by Gasteiger charge is 2.28. The van der Waals surface area contributed by atoms with E-state index in [1.807, 2.05) is 0 Å². The summed E-state index contributed by atoms with van der Waals surface area (Å²) in [7, 11) is 0. The Kier molecular flexibility index (Phi) is 5.81. The third-order valence-corrected chi connectivity index (χ3v) is 5.77. The Balaban J connectivity index is 1.78. The molecule has 0 bridgehead atoms. The van der Waals surface area contributed by atoms with Crippen LogP contribution in [-0.2, 0) is 9.53 Å². The summed E-state index contributed by atoms with van der Waals surface area (Å²) in [6.45, 7) is 4.17. The van der Waals surface area contributed by atoms with Crippen molar-refractivity contribution in [2.45, 2.75) is 39.2 Å². The zero-order valence-electron chi connectivity index (χ0n) is 12.2. The lowest BCUT2D eigenvalue weighted by Crippen LogP contribution is -2.45. The molecule has 1 aliphatic rings. The summed E-state index contributed by atoms with van der Waals surface area (Å²) in [4.78, 5) is 24.2. The molecule has 0 aromatic carbocycles. The number of halogens is 1. The standard InChI is InChI=1S/C15H20BrNO3S/c1-9-4-3-5-11(10(9)2)17-14(18)8-20-15(19)12-6-7-13(16)21-12/h6-7,9-11H,3-5,8H2,1-2H3,(H,17,18). The largest absolute Gasteiger partial charge is 0.451 e. The molecule has 21 heavy (non-hydrogen) atoms. The molecule has 0 saturated heterocycles. The van der Waals surface area contributed by atoms with E-state index in [1.54, 1.807) is 12.1 Å². The molecule has 0 radical (unpaired) electrons. The summed E-state index contributed by atoms with van der Waals surface area (Å²) >= 11 is 4.58. The van der Waals surface area contributed by atoms with E-state index in [0.29, 0.717) is 16.7 Å². The number of nitrogens with one attached hydrogen (secondary N) is 1. The first-order chi connectivity index (χ1) is 9.97. The Morgan fingerprint density at radius 3 is 2.81 bits per heavy atom. The molecule has 6 heteroatoms.